The van der Waals surface area contributed by atoms with Crippen LogP contribution in [0.15, 0.2) is 12.3 Å². The summed E-state index contributed by atoms with van der Waals surface area (Å²) in [6, 6.07) is 2.12. The number of rotatable bonds is 5. The van der Waals surface area contributed by atoms with Gasteiger partial charge in [0.1, 0.15) is 6.54 Å². The summed E-state index contributed by atoms with van der Waals surface area (Å²) in [4.78, 5) is 25.7. The standard InChI is InChI=1S/C18H29N5O3.ClH/c1-2-26-18(25)22-9-5-15(6-10-22)20-17(24)13-23-11-7-16(21-23)14-4-3-8-19-12-14;/h7,11,14-15,19H,2-6,8-10,12-13H2,1H3,(H,20,24);1H. The molecule has 2 aliphatic rings. The van der Waals surface area contributed by atoms with Crippen molar-refractivity contribution in [3.63, 3.8) is 0 Å². The topological polar surface area (TPSA) is 88.5 Å². The third-order valence-corrected chi connectivity index (χ3v) is 5.07. The second kappa shape index (κ2) is 10.5. The fourth-order valence-electron chi connectivity index (χ4n) is 3.63. The maximum atomic E-state index is 12.3. The second-order valence-corrected chi connectivity index (χ2v) is 7.01. The minimum Gasteiger partial charge on any atom is -0.450 e. The van der Waals surface area contributed by atoms with Crippen LogP contribution >= 0.6 is 12.4 Å². The zero-order valence-electron chi connectivity index (χ0n) is 15.9. The summed E-state index contributed by atoms with van der Waals surface area (Å²) in [5.41, 5.74) is 1.06. The summed E-state index contributed by atoms with van der Waals surface area (Å²) >= 11 is 0. The minimum absolute atomic E-state index is 0. The van der Waals surface area contributed by atoms with E-state index in [9.17, 15) is 9.59 Å². The lowest BCUT2D eigenvalue weighted by Gasteiger charge is -2.31. The van der Waals surface area contributed by atoms with Crippen molar-refractivity contribution in [1.29, 1.82) is 0 Å². The van der Waals surface area contributed by atoms with Gasteiger partial charge in [0.15, 0.2) is 0 Å². The molecule has 0 aliphatic carbocycles. The molecule has 3 rings (SSSR count). The van der Waals surface area contributed by atoms with Crippen LogP contribution in [0.4, 0.5) is 4.79 Å². The van der Waals surface area contributed by atoms with E-state index in [4.69, 9.17) is 4.74 Å². The number of amides is 2. The number of carbonyl (C=O) groups excluding carboxylic acids is 2. The molecule has 0 saturated carbocycles. The Morgan fingerprint density at radius 2 is 2.11 bits per heavy atom. The Hall–Kier alpha value is -1.80. The van der Waals surface area contributed by atoms with E-state index in [-0.39, 0.29) is 37.0 Å². The van der Waals surface area contributed by atoms with Gasteiger partial charge in [-0.25, -0.2) is 4.79 Å². The molecule has 0 bridgehead atoms. The zero-order chi connectivity index (χ0) is 18.4. The normalized spacial score (nSPS) is 20.6. The Kier molecular flexibility index (Phi) is 8.37. The molecule has 1 unspecified atom stereocenters. The van der Waals surface area contributed by atoms with Gasteiger partial charge in [0.2, 0.25) is 5.91 Å². The van der Waals surface area contributed by atoms with E-state index >= 15 is 0 Å². The van der Waals surface area contributed by atoms with E-state index < -0.39 is 0 Å². The molecule has 0 radical (unpaired) electrons. The van der Waals surface area contributed by atoms with Gasteiger partial charge in [0, 0.05) is 37.8 Å². The van der Waals surface area contributed by atoms with Crippen molar-refractivity contribution in [2.24, 2.45) is 0 Å². The molecular weight excluding hydrogens is 370 g/mol. The maximum absolute atomic E-state index is 12.3. The van der Waals surface area contributed by atoms with Gasteiger partial charge in [-0.1, -0.05) is 0 Å². The van der Waals surface area contributed by atoms with Gasteiger partial charge >= 0.3 is 6.09 Å². The Balaban J connectivity index is 0.00000261. The van der Waals surface area contributed by atoms with Crippen LogP contribution in [0, 0.1) is 0 Å². The third kappa shape index (κ3) is 6.10. The van der Waals surface area contributed by atoms with Gasteiger partial charge in [-0.2, -0.15) is 5.10 Å². The lowest BCUT2D eigenvalue weighted by molar-refractivity contribution is -0.122. The highest BCUT2D eigenvalue weighted by Crippen LogP contribution is 2.21. The molecule has 2 N–H and O–H groups in total. The van der Waals surface area contributed by atoms with Crippen LogP contribution in [-0.4, -0.2) is 65.5 Å². The van der Waals surface area contributed by atoms with E-state index in [1.165, 1.54) is 6.42 Å². The molecule has 152 valence electrons. The number of nitrogens with one attached hydrogen (secondary N) is 2. The van der Waals surface area contributed by atoms with Crippen molar-refractivity contribution in [3.05, 3.63) is 18.0 Å². The molecule has 3 heterocycles. The Bertz CT molecular complexity index is 610. The Morgan fingerprint density at radius 1 is 1.33 bits per heavy atom. The number of piperidine rings is 2. The van der Waals surface area contributed by atoms with E-state index in [1.54, 1.807) is 16.5 Å². The van der Waals surface area contributed by atoms with Gasteiger partial charge in [0.05, 0.1) is 12.3 Å². The van der Waals surface area contributed by atoms with Gasteiger partial charge in [-0.3, -0.25) is 9.48 Å². The number of hydrogen-bond donors (Lipinski definition) is 2. The SMILES string of the molecule is CCOC(=O)N1CCC(NC(=O)Cn2ccc(C3CCCNC3)n2)CC1.Cl. The highest BCUT2D eigenvalue weighted by atomic mass is 35.5. The fourth-order valence-corrected chi connectivity index (χ4v) is 3.63. The average Bonchev–Trinajstić information content (AvgIpc) is 3.11. The molecule has 1 aromatic rings. The van der Waals surface area contributed by atoms with Crippen LogP contribution in [0.2, 0.25) is 0 Å². The number of carbonyl (C=O) groups is 2. The molecule has 27 heavy (non-hydrogen) atoms. The first-order chi connectivity index (χ1) is 12.7. The Morgan fingerprint density at radius 3 is 2.78 bits per heavy atom. The molecule has 8 nitrogen and oxygen atoms in total. The first-order valence-corrected chi connectivity index (χ1v) is 9.61. The van der Waals surface area contributed by atoms with E-state index in [2.05, 4.69) is 15.7 Å². The summed E-state index contributed by atoms with van der Waals surface area (Å²) in [5.74, 6) is 0.413. The van der Waals surface area contributed by atoms with Crippen LogP contribution in [-0.2, 0) is 16.1 Å². The van der Waals surface area contributed by atoms with Gasteiger partial charge < -0.3 is 20.3 Å². The highest BCUT2D eigenvalue weighted by Gasteiger charge is 2.24. The second-order valence-electron chi connectivity index (χ2n) is 7.01. The summed E-state index contributed by atoms with van der Waals surface area (Å²) in [7, 11) is 0. The quantitative estimate of drug-likeness (QED) is 0.783. The van der Waals surface area contributed by atoms with Gasteiger partial charge in [-0.15, -0.1) is 12.4 Å². The van der Waals surface area contributed by atoms with Crippen LogP contribution in [0.25, 0.3) is 0 Å². The molecule has 1 atom stereocenters. The number of hydrogen-bond acceptors (Lipinski definition) is 5. The van der Waals surface area contributed by atoms with Crippen LogP contribution in [0.5, 0.6) is 0 Å². The van der Waals surface area contributed by atoms with Crippen molar-refractivity contribution in [2.75, 3.05) is 32.8 Å². The number of nitrogens with zero attached hydrogens (tertiary/aromatic N) is 3. The zero-order valence-corrected chi connectivity index (χ0v) is 16.7. The molecule has 2 aliphatic heterocycles. The number of likely N-dealkylation sites (tertiary alicyclic amines) is 1. The monoisotopic (exact) mass is 399 g/mol. The molecule has 2 fully saturated rings. The first-order valence-electron chi connectivity index (χ1n) is 9.61. The van der Waals surface area contributed by atoms with Crippen LogP contribution in [0.1, 0.15) is 44.2 Å². The lowest BCUT2D eigenvalue weighted by Crippen LogP contribution is -2.47. The van der Waals surface area contributed by atoms with Crippen LogP contribution in [0.3, 0.4) is 0 Å². The first kappa shape index (κ1) is 21.5. The smallest absolute Gasteiger partial charge is 0.409 e. The maximum Gasteiger partial charge on any atom is 0.409 e. The molecule has 0 spiro atoms. The molecular formula is C18H30ClN5O3. The largest absolute Gasteiger partial charge is 0.450 e. The van der Waals surface area contributed by atoms with E-state index in [0.717, 1.165) is 38.0 Å². The van der Waals surface area contributed by atoms with E-state index in [0.29, 0.717) is 25.6 Å². The Labute approximate surface area is 166 Å². The summed E-state index contributed by atoms with van der Waals surface area (Å²) in [6.45, 7) is 5.69. The fraction of sp³-hybridized carbons (Fsp3) is 0.722. The molecule has 2 amide bonds. The lowest BCUT2D eigenvalue weighted by atomic mass is 9.97. The van der Waals surface area contributed by atoms with Crippen molar-refractivity contribution in [2.45, 2.75) is 51.1 Å². The summed E-state index contributed by atoms with van der Waals surface area (Å²) < 4.78 is 6.73. The summed E-state index contributed by atoms with van der Waals surface area (Å²) in [5, 5.41) is 11.0. The number of halogens is 1. The molecule has 1 aromatic heterocycles. The van der Waals surface area contributed by atoms with Crippen molar-refractivity contribution in [3.8, 4) is 0 Å². The predicted octanol–water partition coefficient (Wildman–Crippen LogP) is 1.51. The van der Waals surface area contributed by atoms with Crippen molar-refractivity contribution in [1.82, 2.24) is 25.3 Å². The summed E-state index contributed by atoms with van der Waals surface area (Å²) in [6.07, 6.45) is 5.44. The van der Waals surface area contributed by atoms with Crippen molar-refractivity contribution >= 4 is 24.4 Å². The van der Waals surface area contributed by atoms with Gasteiger partial charge in [-0.05, 0) is 45.2 Å². The van der Waals surface area contributed by atoms with Crippen LogP contribution < -0.4 is 10.6 Å². The highest BCUT2D eigenvalue weighted by molar-refractivity contribution is 5.85. The van der Waals surface area contributed by atoms with Crippen molar-refractivity contribution < 1.29 is 14.3 Å². The third-order valence-electron chi connectivity index (χ3n) is 5.07. The minimum atomic E-state index is -0.265. The molecule has 2 saturated heterocycles. The van der Waals surface area contributed by atoms with E-state index in [1.807, 2.05) is 12.3 Å². The van der Waals surface area contributed by atoms with Gasteiger partial charge in [0.25, 0.3) is 0 Å². The number of aromatic nitrogens is 2. The number of ether oxygens (including phenoxy) is 1. The molecule has 9 heteroatoms. The predicted molar refractivity (Wildman–Crippen MR) is 104 cm³/mol. The average molecular weight is 400 g/mol. The molecule has 0 aromatic carbocycles.